The van der Waals surface area contributed by atoms with Gasteiger partial charge in [0.15, 0.2) is 5.79 Å². The average Bonchev–Trinajstić information content (AvgIpc) is 3.54. The smallest absolute Gasteiger partial charge is 0.223 e. The quantitative estimate of drug-likeness (QED) is 0.536. The molecule has 2 aliphatic rings. The van der Waals surface area contributed by atoms with Crippen molar-refractivity contribution in [2.24, 2.45) is 0 Å². The Kier molecular flexibility index (Phi) is 6.71. The maximum Gasteiger partial charge on any atom is 0.223 e. The third kappa shape index (κ3) is 4.62. The lowest BCUT2D eigenvalue weighted by atomic mass is 9.86. The van der Waals surface area contributed by atoms with Crippen LogP contribution in [0.25, 0.3) is 10.9 Å². The number of aryl methyl sites for hydroxylation is 1. The first kappa shape index (κ1) is 23.7. The number of hydrogen-bond donors (Lipinski definition) is 1. The maximum absolute atomic E-state index is 13.6. The lowest BCUT2D eigenvalue weighted by molar-refractivity contribution is -0.187. The van der Waals surface area contributed by atoms with Gasteiger partial charge in [0.25, 0.3) is 0 Å². The summed E-state index contributed by atoms with van der Waals surface area (Å²) in [5, 5.41) is 1.15. The molecule has 186 valence electrons. The fourth-order valence-corrected chi connectivity index (χ4v) is 5.45. The number of hydrogen-bond acceptors (Lipinski definition) is 5. The summed E-state index contributed by atoms with van der Waals surface area (Å²) in [7, 11) is 3.29. The molecule has 1 amide bonds. The molecule has 1 unspecified atom stereocenters. The predicted octanol–water partition coefficient (Wildman–Crippen LogP) is 4.64. The topological polar surface area (TPSA) is 73.0 Å². The zero-order valence-electron chi connectivity index (χ0n) is 20.8. The van der Waals surface area contributed by atoms with E-state index in [1.165, 1.54) is 5.56 Å². The van der Waals surface area contributed by atoms with Crippen LogP contribution in [0, 0.1) is 0 Å². The van der Waals surface area contributed by atoms with Crippen LogP contribution in [-0.2, 0) is 20.7 Å². The normalized spacial score (nSPS) is 18.2. The van der Waals surface area contributed by atoms with Crippen LogP contribution in [0.5, 0.6) is 11.5 Å². The number of ether oxygens (including phenoxy) is 4. The van der Waals surface area contributed by atoms with E-state index >= 15 is 0 Å². The van der Waals surface area contributed by atoms with Crippen molar-refractivity contribution in [2.75, 3.05) is 40.5 Å². The summed E-state index contributed by atoms with van der Waals surface area (Å²) >= 11 is 0. The molecule has 0 aliphatic carbocycles. The van der Waals surface area contributed by atoms with Gasteiger partial charge in [0.05, 0.1) is 27.4 Å². The second-order valence-electron chi connectivity index (χ2n) is 9.33. The summed E-state index contributed by atoms with van der Waals surface area (Å²) in [6.45, 7) is 4.70. The molecule has 2 fully saturated rings. The number of piperidine rings is 1. The Morgan fingerprint density at radius 3 is 2.40 bits per heavy atom. The lowest BCUT2D eigenvalue weighted by Gasteiger charge is -2.38. The molecule has 0 radical (unpaired) electrons. The highest BCUT2D eigenvalue weighted by Crippen LogP contribution is 2.39. The Balaban J connectivity index is 1.48. The minimum absolute atomic E-state index is 0.130. The summed E-state index contributed by atoms with van der Waals surface area (Å²) in [4.78, 5) is 19.1. The Hall–Kier alpha value is -3.03. The van der Waals surface area contributed by atoms with Crippen molar-refractivity contribution in [3.8, 4) is 11.5 Å². The number of amides is 1. The molecule has 2 aromatic carbocycles. The zero-order valence-corrected chi connectivity index (χ0v) is 20.8. The van der Waals surface area contributed by atoms with Crippen LogP contribution in [-0.4, -0.2) is 62.1 Å². The lowest BCUT2D eigenvalue weighted by Crippen LogP contribution is -2.47. The molecule has 1 aromatic heterocycles. The second kappa shape index (κ2) is 9.91. The summed E-state index contributed by atoms with van der Waals surface area (Å²) in [6.07, 6.45) is 4.77. The van der Waals surface area contributed by atoms with Gasteiger partial charge in [-0.25, -0.2) is 0 Å². The Labute approximate surface area is 206 Å². The number of nitrogens with zero attached hydrogens (tertiary/aromatic N) is 1. The number of fused-ring (bicyclic) bond motifs is 1. The molecule has 7 nitrogen and oxygen atoms in total. The monoisotopic (exact) mass is 478 g/mol. The summed E-state index contributed by atoms with van der Waals surface area (Å²) < 4.78 is 22.8. The van der Waals surface area contributed by atoms with E-state index in [-0.39, 0.29) is 11.8 Å². The minimum Gasteiger partial charge on any atom is -0.497 e. The minimum atomic E-state index is -0.496. The van der Waals surface area contributed by atoms with Crippen molar-refractivity contribution in [2.45, 2.75) is 44.3 Å². The first-order chi connectivity index (χ1) is 17.1. The van der Waals surface area contributed by atoms with Crippen LogP contribution in [0.2, 0.25) is 0 Å². The van der Waals surface area contributed by atoms with Crippen molar-refractivity contribution in [1.29, 1.82) is 0 Å². The summed E-state index contributed by atoms with van der Waals surface area (Å²) in [5.74, 6) is 0.902. The van der Waals surface area contributed by atoms with Crippen LogP contribution in [0.3, 0.4) is 0 Å². The number of carbonyl (C=O) groups excluding carboxylic acids is 1. The fraction of sp³-hybridized carbons (Fsp3) is 0.464. The zero-order chi connectivity index (χ0) is 24.4. The van der Waals surface area contributed by atoms with Crippen LogP contribution in [0.1, 0.15) is 48.8 Å². The highest BCUT2D eigenvalue weighted by Gasteiger charge is 2.41. The summed E-state index contributed by atoms with van der Waals surface area (Å²) in [6, 6.07) is 12.2. The molecule has 0 bridgehead atoms. The van der Waals surface area contributed by atoms with Gasteiger partial charge in [-0.15, -0.1) is 0 Å². The first-order valence-electron chi connectivity index (χ1n) is 12.4. The SMILES string of the molecule is CCc1cccc2c(C(CC(=O)N3CCC4(CC3)OCCO4)c3cc(OC)cc(OC)c3)c[nH]c12. The number of benzene rings is 2. The molecular weight excluding hydrogens is 444 g/mol. The Morgan fingerprint density at radius 2 is 1.77 bits per heavy atom. The van der Waals surface area contributed by atoms with E-state index in [0.717, 1.165) is 28.5 Å². The molecule has 7 heteroatoms. The third-order valence-corrected chi connectivity index (χ3v) is 7.44. The van der Waals surface area contributed by atoms with Gasteiger partial charge in [-0.3, -0.25) is 4.79 Å². The molecular formula is C28H34N2O5. The van der Waals surface area contributed by atoms with Gasteiger partial charge in [-0.05, 0) is 35.2 Å². The van der Waals surface area contributed by atoms with Crippen LogP contribution in [0.4, 0.5) is 0 Å². The average molecular weight is 479 g/mol. The van der Waals surface area contributed by atoms with Crippen LogP contribution >= 0.6 is 0 Å². The van der Waals surface area contributed by atoms with E-state index in [1.54, 1.807) is 14.2 Å². The van der Waals surface area contributed by atoms with Crippen molar-refractivity contribution < 1.29 is 23.7 Å². The highest BCUT2D eigenvalue weighted by atomic mass is 16.7. The Bertz CT molecular complexity index is 1170. The molecule has 1 spiro atoms. The number of nitrogens with one attached hydrogen (secondary N) is 1. The van der Waals surface area contributed by atoms with Gasteiger partial charge >= 0.3 is 0 Å². The molecule has 3 heterocycles. The van der Waals surface area contributed by atoms with Gasteiger partial charge in [-0.2, -0.15) is 0 Å². The van der Waals surface area contributed by atoms with E-state index in [2.05, 4.69) is 36.3 Å². The molecule has 3 aromatic rings. The van der Waals surface area contributed by atoms with Gasteiger partial charge in [0.1, 0.15) is 11.5 Å². The molecule has 35 heavy (non-hydrogen) atoms. The molecule has 5 rings (SSSR count). The molecule has 2 aliphatic heterocycles. The number of aromatic amines is 1. The molecule has 0 saturated carbocycles. The summed E-state index contributed by atoms with van der Waals surface area (Å²) in [5.41, 5.74) is 4.50. The second-order valence-corrected chi connectivity index (χ2v) is 9.33. The van der Waals surface area contributed by atoms with Gasteiger partial charge in [0.2, 0.25) is 5.91 Å². The van der Waals surface area contributed by atoms with Crippen molar-refractivity contribution in [1.82, 2.24) is 9.88 Å². The van der Waals surface area contributed by atoms with Gasteiger partial charge in [0, 0.05) is 61.4 Å². The van der Waals surface area contributed by atoms with E-state index in [1.807, 2.05) is 23.1 Å². The van der Waals surface area contributed by atoms with E-state index in [9.17, 15) is 4.79 Å². The standard InChI is InChI=1S/C28H34N2O5/c1-4-19-6-5-7-23-25(18-29-27(19)23)24(20-14-21(32-2)16-22(15-20)33-3)17-26(31)30-10-8-28(9-11-30)34-12-13-35-28/h5-7,14-16,18,24,29H,4,8-13,17H2,1-3H3. The van der Waals surface area contributed by atoms with Crippen LogP contribution < -0.4 is 9.47 Å². The third-order valence-electron chi connectivity index (χ3n) is 7.44. The number of carbonyl (C=O) groups is 1. The van der Waals surface area contributed by atoms with Crippen molar-refractivity contribution >= 4 is 16.8 Å². The number of methoxy groups -OCH3 is 2. The number of rotatable bonds is 7. The first-order valence-corrected chi connectivity index (χ1v) is 12.4. The molecule has 2 saturated heterocycles. The van der Waals surface area contributed by atoms with E-state index < -0.39 is 5.79 Å². The number of H-pyrrole nitrogens is 1. The van der Waals surface area contributed by atoms with Gasteiger partial charge < -0.3 is 28.8 Å². The van der Waals surface area contributed by atoms with Gasteiger partial charge in [-0.1, -0.05) is 25.1 Å². The van der Waals surface area contributed by atoms with Crippen LogP contribution in [0.15, 0.2) is 42.6 Å². The Morgan fingerprint density at radius 1 is 1.09 bits per heavy atom. The fourth-order valence-electron chi connectivity index (χ4n) is 5.45. The number of para-hydroxylation sites is 1. The van der Waals surface area contributed by atoms with Crippen molar-refractivity contribution in [3.63, 3.8) is 0 Å². The molecule has 1 N–H and O–H groups in total. The van der Waals surface area contributed by atoms with E-state index in [0.29, 0.717) is 57.1 Å². The maximum atomic E-state index is 13.6. The molecule has 1 atom stereocenters. The largest absolute Gasteiger partial charge is 0.497 e. The number of aromatic nitrogens is 1. The van der Waals surface area contributed by atoms with Crippen molar-refractivity contribution in [3.05, 3.63) is 59.3 Å². The van der Waals surface area contributed by atoms with E-state index in [4.69, 9.17) is 18.9 Å². The predicted molar refractivity (Wildman–Crippen MR) is 134 cm³/mol. The highest BCUT2D eigenvalue weighted by molar-refractivity contribution is 5.88. The number of likely N-dealkylation sites (tertiary alicyclic amines) is 1.